The van der Waals surface area contributed by atoms with Crippen LogP contribution in [0.5, 0.6) is 5.75 Å². The average molecular weight is 285 g/mol. The number of rotatable bonds is 5. The smallest absolute Gasteiger partial charge is 0.336 e. The van der Waals surface area contributed by atoms with Gasteiger partial charge in [0.2, 0.25) is 0 Å². The van der Waals surface area contributed by atoms with Crippen LogP contribution in [0.15, 0.2) is 40.9 Å². The van der Waals surface area contributed by atoms with Crippen molar-refractivity contribution in [3.05, 3.63) is 40.9 Å². The van der Waals surface area contributed by atoms with Gasteiger partial charge in [-0.05, 0) is 35.0 Å². The lowest BCUT2D eigenvalue weighted by Gasteiger charge is -2.09. The van der Waals surface area contributed by atoms with Crippen molar-refractivity contribution in [1.82, 2.24) is 0 Å². The molecule has 3 nitrogen and oxygen atoms in total. The summed E-state index contributed by atoms with van der Waals surface area (Å²) in [6.45, 7) is 5.82. The predicted molar refractivity (Wildman–Crippen MR) is 65.4 cm³/mol. The number of carbonyl (C=O) groups is 1. The third kappa shape index (κ3) is 3.70. The van der Waals surface area contributed by atoms with E-state index in [1.165, 1.54) is 0 Å². The van der Waals surface area contributed by atoms with Crippen molar-refractivity contribution >= 4 is 21.9 Å². The lowest BCUT2D eigenvalue weighted by Crippen LogP contribution is -2.13. The van der Waals surface area contributed by atoms with Crippen LogP contribution in [0.3, 0.4) is 0 Å². The van der Waals surface area contributed by atoms with Gasteiger partial charge in [0.25, 0.3) is 0 Å². The van der Waals surface area contributed by atoms with E-state index < -0.39 is 5.97 Å². The van der Waals surface area contributed by atoms with E-state index in [0.29, 0.717) is 17.9 Å². The number of benzene rings is 1. The molecular weight excluding hydrogens is 272 g/mol. The molecule has 86 valence electrons. The highest BCUT2D eigenvalue weighted by Gasteiger charge is 2.09. The second-order valence-electron chi connectivity index (χ2n) is 3.04. The Morgan fingerprint density at radius 3 is 2.75 bits per heavy atom. The van der Waals surface area contributed by atoms with Gasteiger partial charge in [0.15, 0.2) is 0 Å². The van der Waals surface area contributed by atoms with E-state index in [2.05, 4.69) is 22.5 Å². The molecule has 0 spiro atoms. The molecule has 0 aromatic heterocycles. The van der Waals surface area contributed by atoms with Gasteiger partial charge in [0.1, 0.15) is 12.4 Å². The van der Waals surface area contributed by atoms with Crippen LogP contribution in [-0.4, -0.2) is 19.2 Å². The molecule has 0 fully saturated rings. The summed E-state index contributed by atoms with van der Waals surface area (Å²) in [4.78, 5) is 11.2. The minimum atomic E-state index is -0.422. The maximum absolute atomic E-state index is 11.2. The van der Waals surface area contributed by atoms with Crippen molar-refractivity contribution in [3.8, 4) is 5.75 Å². The zero-order valence-corrected chi connectivity index (χ0v) is 10.6. The number of carbonyl (C=O) groups excluding carboxylic acids is 1. The normalized spacial score (nSPS) is 9.62. The fourth-order valence-corrected chi connectivity index (χ4v) is 1.42. The van der Waals surface area contributed by atoms with Crippen molar-refractivity contribution in [2.75, 3.05) is 13.2 Å². The van der Waals surface area contributed by atoms with E-state index in [0.717, 1.165) is 4.47 Å². The Labute approximate surface area is 103 Å². The van der Waals surface area contributed by atoms with Gasteiger partial charge < -0.3 is 9.47 Å². The highest BCUT2D eigenvalue weighted by molar-refractivity contribution is 9.10. The van der Waals surface area contributed by atoms with Gasteiger partial charge in [0.05, 0.1) is 16.7 Å². The lowest BCUT2D eigenvalue weighted by molar-refractivity contribution is -0.138. The van der Waals surface area contributed by atoms with Gasteiger partial charge in [-0.2, -0.15) is 0 Å². The standard InChI is InChI=1S/C12H13BrO3/c1-3-15-12(14)9(2)8-16-11-7-5-4-6-10(11)13/h4-7H,2-3,8H2,1H3. The van der Waals surface area contributed by atoms with Crippen molar-refractivity contribution in [1.29, 1.82) is 0 Å². The Balaban J connectivity index is 2.49. The van der Waals surface area contributed by atoms with Crippen LogP contribution in [0.2, 0.25) is 0 Å². The maximum atomic E-state index is 11.2. The first-order valence-corrected chi connectivity index (χ1v) is 5.66. The molecule has 4 heteroatoms. The van der Waals surface area contributed by atoms with Crippen LogP contribution in [0.1, 0.15) is 6.92 Å². The predicted octanol–water partition coefficient (Wildman–Crippen LogP) is 2.95. The molecule has 0 bridgehead atoms. The molecule has 0 amide bonds. The highest BCUT2D eigenvalue weighted by atomic mass is 79.9. The molecule has 0 aliphatic carbocycles. The van der Waals surface area contributed by atoms with E-state index in [1.807, 2.05) is 24.3 Å². The number of esters is 1. The van der Waals surface area contributed by atoms with Gasteiger partial charge in [-0.1, -0.05) is 18.7 Å². The van der Waals surface area contributed by atoms with Crippen LogP contribution in [0.4, 0.5) is 0 Å². The van der Waals surface area contributed by atoms with Gasteiger partial charge in [-0.3, -0.25) is 0 Å². The minimum Gasteiger partial charge on any atom is -0.487 e. The Hall–Kier alpha value is -1.29. The summed E-state index contributed by atoms with van der Waals surface area (Å²) in [5.74, 6) is 0.252. The van der Waals surface area contributed by atoms with Crippen molar-refractivity contribution in [2.24, 2.45) is 0 Å². The lowest BCUT2D eigenvalue weighted by atomic mass is 10.3. The van der Waals surface area contributed by atoms with Crippen LogP contribution >= 0.6 is 15.9 Å². The Bertz CT molecular complexity index is 388. The average Bonchev–Trinajstić information content (AvgIpc) is 2.28. The van der Waals surface area contributed by atoms with Crippen molar-refractivity contribution in [3.63, 3.8) is 0 Å². The molecule has 0 N–H and O–H groups in total. The Morgan fingerprint density at radius 1 is 1.44 bits per heavy atom. The molecule has 0 aliphatic heterocycles. The summed E-state index contributed by atoms with van der Waals surface area (Å²) in [6.07, 6.45) is 0. The van der Waals surface area contributed by atoms with E-state index in [-0.39, 0.29) is 6.61 Å². The third-order valence-electron chi connectivity index (χ3n) is 1.80. The first-order valence-electron chi connectivity index (χ1n) is 4.87. The summed E-state index contributed by atoms with van der Waals surface area (Å²) < 4.78 is 11.1. The number of hydrogen-bond donors (Lipinski definition) is 0. The van der Waals surface area contributed by atoms with Gasteiger partial charge >= 0.3 is 5.97 Å². The van der Waals surface area contributed by atoms with Gasteiger partial charge in [-0.25, -0.2) is 4.79 Å². The van der Waals surface area contributed by atoms with Crippen molar-refractivity contribution < 1.29 is 14.3 Å². The third-order valence-corrected chi connectivity index (χ3v) is 2.46. The van der Waals surface area contributed by atoms with Crippen molar-refractivity contribution in [2.45, 2.75) is 6.92 Å². The van der Waals surface area contributed by atoms with Crippen LogP contribution in [0.25, 0.3) is 0 Å². The number of hydrogen-bond acceptors (Lipinski definition) is 3. The quantitative estimate of drug-likeness (QED) is 0.616. The van der Waals surface area contributed by atoms with Gasteiger partial charge in [-0.15, -0.1) is 0 Å². The molecule has 0 atom stereocenters. The van der Waals surface area contributed by atoms with E-state index in [1.54, 1.807) is 6.92 Å². The number of halogens is 1. The molecule has 0 saturated heterocycles. The zero-order valence-electron chi connectivity index (χ0n) is 9.03. The summed E-state index contributed by atoms with van der Waals surface area (Å²) in [5, 5.41) is 0. The Morgan fingerprint density at radius 2 is 2.12 bits per heavy atom. The zero-order chi connectivity index (χ0) is 12.0. The minimum absolute atomic E-state index is 0.126. The Kier molecular flexibility index (Phi) is 5.05. The van der Waals surface area contributed by atoms with E-state index >= 15 is 0 Å². The van der Waals surface area contributed by atoms with Crippen LogP contribution in [-0.2, 0) is 9.53 Å². The fourth-order valence-electron chi connectivity index (χ4n) is 1.02. The fraction of sp³-hybridized carbons (Fsp3) is 0.250. The second-order valence-corrected chi connectivity index (χ2v) is 3.90. The maximum Gasteiger partial charge on any atom is 0.336 e. The summed E-state index contributed by atoms with van der Waals surface area (Å²) in [7, 11) is 0. The SMILES string of the molecule is C=C(COc1ccccc1Br)C(=O)OCC. The van der Waals surface area contributed by atoms with E-state index in [4.69, 9.17) is 9.47 Å². The molecule has 0 heterocycles. The first kappa shape index (κ1) is 12.8. The number of para-hydroxylation sites is 1. The molecule has 16 heavy (non-hydrogen) atoms. The molecular formula is C12H13BrO3. The molecule has 1 aromatic rings. The molecule has 0 unspecified atom stereocenters. The van der Waals surface area contributed by atoms with Gasteiger partial charge in [0, 0.05) is 0 Å². The molecule has 0 aliphatic rings. The molecule has 0 radical (unpaired) electrons. The highest BCUT2D eigenvalue weighted by Crippen LogP contribution is 2.24. The van der Waals surface area contributed by atoms with Crippen LogP contribution in [0, 0.1) is 0 Å². The summed E-state index contributed by atoms with van der Waals surface area (Å²) in [5.41, 5.74) is 0.303. The first-order chi connectivity index (χ1) is 7.65. The molecule has 1 aromatic carbocycles. The molecule has 0 saturated carbocycles. The largest absolute Gasteiger partial charge is 0.487 e. The monoisotopic (exact) mass is 284 g/mol. The number of ether oxygens (including phenoxy) is 2. The van der Waals surface area contributed by atoms with Crippen LogP contribution < -0.4 is 4.74 Å². The topological polar surface area (TPSA) is 35.5 Å². The molecule has 1 rings (SSSR count). The second kappa shape index (κ2) is 6.33. The summed E-state index contributed by atoms with van der Waals surface area (Å²) in [6, 6.07) is 7.41. The van der Waals surface area contributed by atoms with E-state index in [9.17, 15) is 4.79 Å². The summed E-state index contributed by atoms with van der Waals surface area (Å²) >= 11 is 3.34.